The lowest BCUT2D eigenvalue weighted by Crippen LogP contribution is -2.49. The summed E-state index contributed by atoms with van der Waals surface area (Å²) in [5.74, 6) is 1.42. The van der Waals surface area contributed by atoms with Crippen molar-refractivity contribution >= 4 is 5.78 Å². The summed E-state index contributed by atoms with van der Waals surface area (Å²) in [5, 5.41) is 0. The number of Topliss-reactive ketones (excluding diaryl/α,β-unsaturated/α-hetero) is 1. The van der Waals surface area contributed by atoms with Gasteiger partial charge in [-0.15, -0.1) is 0 Å². The number of hydrogen-bond donors (Lipinski definition) is 0. The van der Waals surface area contributed by atoms with E-state index in [4.69, 9.17) is 0 Å². The highest BCUT2D eigenvalue weighted by Gasteiger charge is 2.50. The maximum absolute atomic E-state index is 11.4. The first-order chi connectivity index (χ1) is 6.14. The quantitative estimate of drug-likeness (QED) is 0.658. The van der Waals surface area contributed by atoms with Crippen LogP contribution in [0.25, 0.3) is 0 Å². The Kier molecular flexibility index (Phi) is 2.82. The minimum absolute atomic E-state index is 0.235. The molecule has 0 saturated heterocycles. The van der Waals surface area contributed by atoms with Gasteiger partial charge in [0.15, 0.2) is 0 Å². The summed E-state index contributed by atoms with van der Waals surface area (Å²) >= 11 is 0. The average Bonchev–Trinajstić information content (AvgIpc) is 1.94. The van der Waals surface area contributed by atoms with Gasteiger partial charge in [0.2, 0.25) is 0 Å². The molecule has 0 aromatic rings. The van der Waals surface area contributed by atoms with Gasteiger partial charge in [0, 0.05) is 5.92 Å². The molecule has 1 aliphatic rings. The zero-order valence-corrected chi connectivity index (χ0v) is 10.5. The Morgan fingerprint density at radius 2 is 1.86 bits per heavy atom. The smallest absolute Gasteiger partial charge is 0.133 e. The van der Waals surface area contributed by atoms with Crippen LogP contribution in [0.15, 0.2) is 0 Å². The van der Waals surface area contributed by atoms with Gasteiger partial charge < -0.3 is 0 Å². The Hall–Kier alpha value is -0.330. The fourth-order valence-corrected chi connectivity index (χ4v) is 2.79. The SMILES string of the molecule is CC(=O)C1CC(CC(C)(C)C)C1(C)C. The van der Waals surface area contributed by atoms with Crippen LogP contribution in [0.1, 0.15) is 54.4 Å². The summed E-state index contributed by atoms with van der Waals surface area (Å²) in [6.45, 7) is 13.1. The molecule has 14 heavy (non-hydrogen) atoms. The number of rotatable bonds is 2. The molecule has 0 radical (unpaired) electrons. The molecule has 1 fully saturated rings. The first-order valence-electron chi connectivity index (χ1n) is 5.65. The van der Waals surface area contributed by atoms with Crippen molar-refractivity contribution in [2.45, 2.75) is 54.4 Å². The zero-order chi connectivity index (χ0) is 11.1. The van der Waals surface area contributed by atoms with E-state index in [0.717, 1.165) is 12.3 Å². The van der Waals surface area contributed by atoms with E-state index in [9.17, 15) is 4.79 Å². The maximum atomic E-state index is 11.4. The third-order valence-corrected chi connectivity index (χ3v) is 3.82. The van der Waals surface area contributed by atoms with Gasteiger partial charge in [0.1, 0.15) is 5.78 Å². The predicted octanol–water partition coefficient (Wildman–Crippen LogP) is 3.67. The van der Waals surface area contributed by atoms with Crippen molar-refractivity contribution < 1.29 is 4.79 Å². The molecule has 0 amide bonds. The molecule has 2 unspecified atom stereocenters. The van der Waals surface area contributed by atoms with E-state index in [2.05, 4.69) is 34.6 Å². The summed E-state index contributed by atoms with van der Waals surface area (Å²) < 4.78 is 0. The van der Waals surface area contributed by atoms with Crippen molar-refractivity contribution in [3.05, 3.63) is 0 Å². The van der Waals surface area contributed by atoms with Crippen LogP contribution in [-0.2, 0) is 4.79 Å². The third-order valence-electron chi connectivity index (χ3n) is 3.82. The van der Waals surface area contributed by atoms with Crippen molar-refractivity contribution in [3.63, 3.8) is 0 Å². The van der Waals surface area contributed by atoms with Crippen LogP contribution in [0.2, 0.25) is 0 Å². The molecule has 2 atom stereocenters. The molecule has 0 aliphatic heterocycles. The van der Waals surface area contributed by atoms with Crippen LogP contribution < -0.4 is 0 Å². The molecule has 1 aliphatic carbocycles. The van der Waals surface area contributed by atoms with E-state index in [-0.39, 0.29) is 5.41 Å². The van der Waals surface area contributed by atoms with E-state index < -0.39 is 0 Å². The average molecular weight is 196 g/mol. The summed E-state index contributed by atoms with van der Waals surface area (Å²) in [6.07, 6.45) is 2.35. The number of carbonyl (C=O) groups is 1. The van der Waals surface area contributed by atoms with Crippen LogP contribution >= 0.6 is 0 Å². The van der Waals surface area contributed by atoms with Crippen LogP contribution in [0.5, 0.6) is 0 Å². The highest BCUT2D eigenvalue weighted by molar-refractivity contribution is 5.80. The van der Waals surface area contributed by atoms with E-state index in [0.29, 0.717) is 17.1 Å². The van der Waals surface area contributed by atoms with Gasteiger partial charge >= 0.3 is 0 Å². The van der Waals surface area contributed by atoms with Crippen molar-refractivity contribution in [2.75, 3.05) is 0 Å². The highest BCUT2D eigenvalue weighted by atomic mass is 16.1. The normalized spacial score (nSPS) is 31.0. The predicted molar refractivity (Wildman–Crippen MR) is 60.1 cm³/mol. The lowest BCUT2D eigenvalue weighted by atomic mass is 9.51. The third kappa shape index (κ3) is 2.18. The van der Waals surface area contributed by atoms with E-state index in [1.807, 2.05) is 0 Å². The van der Waals surface area contributed by atoms with Crippen LogP contribution in [0, 0.1) is 22.7 Å². The molecule has 82 valence electrons. The summed E-state index contributed by atoms with van der Waals surface area (Å²) in [5.41, 5.74) is 0.628. The van der Waals surface area contributed by atoms with Crippen LogP contribution in [0.4, 0.5) is 0 Å². The molecule has 0 aromatic carbocycles. The van der Waals surface area contributed by atoms with Crippen molar-refractivity contribution in [1.82, 2.24) is 0 Å². The molecule has 1 saturated carbocycles. The second-order valence-corrected chi connectivity index (χ2v) is 6.68. The van der Waals surface area contributed by atoms with Gasteiger partial charge in [-0.25, -0.2) is 0 Å². The first kappa shape index (κ1) is 11.7. The molecule has 0 bridgehead atoms. The molecule has 1 nitrogen and oxygen atoms in total. The van der Waals surface area contributed by atoms with Crippen molar-refractivity contribution in [3.8, 4) is 0 Å². The number of carbonyl (C=O) groups excluding carboxylic acids is 1. The van der Waals surface area contributed by atoms with Gasteiger partial charge in [-0.3, -0.25) is 4.79 Å². The van der Waals surface area contributed by atoms with E-state index >= 15 is 0 Å². The largest absolute Gasteiger partial charge is 0.300 e. The second kappa shape index (κ2) is 3.36. The molecule has 1 heteroatoms. The number of ketones is 1. The molecular weight excluding hydrogens is 172 g/mol. The molecule has 0 aromatic heterocycles. The van der Waals surface area contributed by atoms with E-state index in [1.165, 1.54) is 6.42 Å². The van der Waals surface area contributed by atoms with Gasteiger partial charge in [-0.05, 0) is 36.5 Å². The van der Waals surface area contributed by atoms with Gasteiger partial charge in [0.25, 0.3) is 0 Å². The van der Waals surface area contributed by atoms with Crippen LogP contribution in [-0.4, -0.2) is 5.78 Å². The summed E-state index contributed by atoms with van der Waals surface area (Å²) in [4.78, 5) is 11.4. The second-order valence-electron chi connectivity index (χ2n) is 6.68. The molecule has 0 spiro atoms. The fourth-order valence-electron chi connectivity index (χ4n) is 2.79. The molecule has 1 rings (SSSR count). The Labute approximate surface area is 88.3 Å². The van der Waals surface area contributed by atoms with Crippen molar-refractivity contribution in [1.29, 1.82) is 0 Å². The first-order valence-corrected chi connectivity index (χ1v) is 5.65. The topological polar surface area (TPSA) is 17.1 Å². The van der Waals surface area contributed by atoms with Crippen molar-refractivity contribution in [2.24, 2.45) is 22.7 Å². The Morgan fingerprint density at radius 3 is 2.14 bits per heavy atom. The number of hydrogen-bond acceptors (Lipinski definition) is 1. The monoisotopic (exact) mass is 196 g/mol. The Bertz CT molecular complexity index is 232. The lowest BCUT2D eigenvalue weighted by Gasteiger charge is -2.53. The van der Waals surface area contributed by atoms with Gasteiger partial charge in [-0.1, -0.05) is 34.6 Å². The minimum atomic E-state index is 0.235. The molecule has 0 N–H and O–H groups in total. The zero-order valence-electron chi connectivity index (χ0n) is 10.5. The minimum Gasteiger partial charge on any atom is -0.300 e. The summed E-state index contributed by atoms with van der Waals surface area (Å²) in [7, 11) is 0. The highest BCUT2D eigenvalue weighted by Crippen LogP contribution is 2.55. The van der Waals surface area contributed by atoms with Crippen LogP contribution in [0.3, 0.4) is 0 Å². The summed E-state index contributed by atoms with van der Waals surface area (Å²) in [6, 6.07) is 0. The fraction of sp³-hybridized carbons (Fsp3) is 0.923. The Balaban J connectivity index is 2.59. The van der Waals surface area contributed by atoms with E-state index in [1.54, 1.807) is 6.92 Å². The molecular formula is C13H24O. The Morgan fingerprint density at radius 1 is 1.36 bits per heavy atom. The van der Waals surface area contributed by atoms with Gasteiger partial charge in [0.05, 0.1) is 0 Å². The maximum Gasteiger partial charge on any atom is 0.133 e. The lowest BCUT2D eigenvalue weighted by molar-refractivity contribution is -0.138. The van der Waals surface area contributed by atoms with Gasteiger partial charge in [-0.2, -0.15) is 0 Å². The molecule has 0 heterocycles. The standard InChI is InChI=1S/C13H24O/c1-9(14)11-7-10(13(11,5)6)8-12(2,3)4/h10-11H,7-8H2,1-6H3.